The first-order chi connectivity index (χ1) is 11.7. The predicted octanol–water partition coefficient (Wildman–Crippen LogP) is 2.35. The highest BCUT2D eigenvalue weighted by molar-refractivity contribution is 5.46. The van der Waals surface area contributed by atoms with Gasteiger partial charge in [-0.05, 0) is 42.7 Å². The van der Waals surface area contributed by atoms with Crippen molar-refractivity contribution in [3.05, 3.63) is 64.5 Å². The number of nitrogens with zero attached hydrogens (tertiary/aromatic N) is 4. The Morgan fingerprint density at radius 1 is 1.17 bits per heavy atom. The molecule has 0 saturated heterocycles. The van der Waals surface area contributed by atoms with E-state index < -0.39 is 0 Å². The van der Waals surface area contributed by atoms with Gasteiger partial charge in [-0.1, -0.05) is 0 Å². The van der Waals surface area contributed by atoms with Crippen molar-refractivity contribution in [2.24, 2.45) is 0 Å². The molecule has 0 spiro atoms. The third-order valence-electron chi connectivity index (χ3n) is 4.12. The van der Waals surface area contributed by atoms with Gasteiger partial charge >= 0.3 is 0 Å². The van der Waals surface area contributed by atoms with Gasteiger partial charge in [0.05, 0.1) is 12.8 Å². The molecular weight excluding hydrogens is 311 g/mol. The molecule has 3 aromatic rings. The summed E-state index contributed by atoms with van der Waals surface area (Å²) in [5, 5.41) is 17.2. The SMILES string of the molecule is [O-]N1CCOc2ccc(F)cc2CCc2ccn3ncc(c3n2)C1. The van der Waals surface area contributed by atoms with Gasteiger partial charge in [-0.15, -0.1) is 0 Å². The summed E-state index contributed by atoms with van der Waals surface area (Å²) in [5.74, 6) is 0.321. The van der Waals surface area contributed by atoms with Crippen LogP contribution in [0.3, 0.4) is 0 Å². The standard InChI is InChI=1S/C17H16FN4O2/c18-14-2-4-16-12(9-14)1-3-15-5-6-22-17(20-15)13(10-19-22)11-21(23)7-8-24-16/h2,4-6,9-10H,1,3,7-8,11H2/q-1. The second-order valence-corrected chi connectivity index (χ2v) is 5.82. The molecule has 1 aliphatic rings. The lowest BCUT2D eigenvalue weighted by molar-refractivity contribution is 0.249. The minimum Gasteiger partial charge on any atom is -0.785 e. The molecule has 0 aliphatic carbocycles. The van der Waals surface area contributed by atoms with Crippen LogP contribution in [0.5, 0.6) is 5.75 Å². The number of rotatable bonds is 0. The van der Waals surface area contributed by atoms with Crippen LogP contribution in [0.4, 0.5) is 4.39 Å². The predicted molar refractivity (Wildman–Crippen MR) is 86.1 cm³/mol. The van der Waals surface area contributed by atoms with Crippen LogP contribution in [-0.2, 0) is 19.4 Å². The van der Waals surface area contributed by atoms with Crippen molar-refractivity contribution >= 4 is 5.65 Å². The molecule has 1 aliphatic heterocycles. The van der Waals surface area contributed by atoms with Crippen molar-refractivity contribution < 1.29 is 9.13 Å². The summed E-state index contributed by atoms with van der Waals surface area (Å²) in [5.41, 5.74) is 3.13. The van der Waals surface area contributed by atoms with Crippen LogP contribution in [0.1, 0.15) is 16.8 Å². The van der Waals surface area contributed by atoms with Crippen molar-refractivity contribution in [3.8, 4) is 5.75 Å². The van der Waals surface area contributed by atoms with Crippen molar-refractivity contribution in [2.45, 2.75) is 19.4 Å². The highest BCUT2D eigenvalue weighted by Crippen LogP contribution is 2.22. The van der Waals surface area contributed by atoms with Gasteiger partial charge < -0.3 is 15.0 Å². The van der Waals surface area contributed by atoms with Gasteiger partial charge in [-0.3, -0.25) is 0 Å². The average molecular weight is 327 g/mol. The van der Waals surface area contributed by atoms with Gasteiger partial charge in [-0.2, -0.15) is 5.10 Å². The Bertz CT molecular complexity index is 880. The smallest absolute Gasteiger partial charge is 0.159 e. The van der Waals surface area contributed by atoms with Crippen LogP contribution >= 0.6 is 0 Å². The van der Waals surface area contributed by atoms with E-state index in [0.717, 1.165) is 21.9 Å². The molecule has 2 bridgehead atoms. The Balaban J connectivity index is 1.73. The minimum absolute atomic E-state index is 0.208. The summed E-state index contributed by atoms with van der Waals surface area (Å²) in [6.45, 7) is 0.672. The van der Waals surface area contributed by atoms with Crippen LogP contribution in [0.2, 0.25) is 0 Å². The number of hydroxylamine groups is 2. The van der Waals surface area contributed by atoms with Crippen molar-refractivity contribution in [2.75, 3.05) is 13.2 Å². The number of aromatic nitrogens is 3. The summed E-state index contributed by atoms with van der Waals surface area (Å²) in [6.07, 6.45) is 4.77. The Kier molecular flexibility index (Phi) is 3.87. The van der Waals surface area contributed by atoms with E-state index in [4.69, 9.17) is 4.74 Å². The van der Waals surface area contributed by atoms with Crippen LogP contribution in [-0.4, -0.2) is 32.8 Å². The molecule has 124 valence electrons. The largest absolute Gasteiger partial charge is 0.785 e. The number of aryl methyl sites for hydroxylation is 2. The van der Waals surface area contributed by atoms with E-state index in [1.165, 1.54) is 12.1 Å². The Hall–Kier alpha value is -2.51. The molecule has 1 aromatic carbocycles. The zero-order valence-electron chi connectivity index (χ0n) is 13.0. The zero-order chi connectivity index (χ0) is 16.5. The first-order valence-electron chi connectivity index (χ1n) is 7.84. The summed E-state index contributed by atoms with van der Waals surface area (Å²) < 4.78 is 20.9. The molecule has 0 fully saturated rings. The lowest BCUT2D eigenvalue weighted by Crippen LogP contribution is -2.22. The second kappa shape index (κ2) is 6.18. The van der Waals surface area contributed by atoms with E-state index in [1.54, 1.807) is 16.8 Å². The maximum Gasteiger partial charge on any atom is 0.159 e. The highest BCUT2D eigenvalue weighted by atomic mass is 19.1. The summed E-state index contributed by atoms with van der Waals surface area (Å²) in [6, 6.07) is 6.35. The van der Waals surface area contributed by atoms with E-state index in [-0.39, 0.29) is 25.5 Å². The normalized spacial score (nSPS) is 16.1. The Labute approximate surface area is 138 Å². The fourth-order valence-corrected chi connectivity index (χ4v) is 2.88. The first-order valence-corrected chi connectivity index (χ1v) is 7.84. The lowest BCUT2D eigenvalue weighted by Gasteiger charge is -2.27. The van der Waals surface area contributed by atoms with Crippen LogP contribution in [0.25, 0.3) is 5.65 Å². The molecule has 0 atom stereocenters. The van der Waals surface area contributed by atoms with Gasteiger partial charge in [0.15, 0.2) is 5.65 Å². The second-order valence-electron chi connectivity index (χ2n) is 5.82. The van der Waals surface area contributed by atoms with E-state index >= 15 is 0 Å². The number of halogens is 1. The van der Waals surface area contributed by atoms with Crippen LogP contribution in [0, 0.1) is 11.0 Å². The molecule has 2 aromatic heterocycles. The van der Waals surface area contributed by atoms with E-state index in [0.29, 0.717) is 24.2 Å². The quantitative estimate of drug-likeness (QED) is 0.634. The van der Waals surface area contributed by atoms with Crippen molar-refractivity contribution in [1.82, 2.24) is 19.7 Å². The summed E-state index contributed by atoms with van der Waals surface area (Å²) >= 11 is 0. The molecule has 0 saturated carbocycles. The van der Waals surface area contributed by atoms with Gasteiger partial charge in [0.25, 0.3) is 0 Å². The molecule has 0 unspecified atom stereocenters. The maximum atomic E-state index is 13.6. The molecule has 7 heteroatoms. The number of hydrogen-bond donors (Lipinski definition) is 0. The fourth-order valence-electron chi connectivity index (χ4n) is 2.88. The molecule has 0 radical (unpaired) electrons. The Morgan fingerprint density at radius 2 is 2.08 bits per heavy atom. The van der Waals surface area contributed by atoms with Crippen molar-refractivity contribution in [3.63, 3.8) is 0 Å². The maximum absolute atomic E-state index is 13.6. The van der Waals surface area contributed by atoms with E-state index in [1.807, 2.05) is 12.3 Å². The zero-order valence-corrected chi connectivity index (χ0v) is 13.0. The average Bonchev–Trinajstić information content (AvgIpc) is 2.96. The molecule has 4 rings (SSSR count). The van der Waals surface area contributed by atoms with E-state index in [9.17, 15) is 9.60 Å². The van der Waals surface area contributed by atoms with Gasteiger partial charge in [0, 0.05) is 30.5 Å². The number of fused-ring (bicyclic) bond motifs is 2. The minimum atomic E-state index is -0.298. The fraction of sp³-hybridized carbons (Fsp3) is 0.294. The molecular formula is C17H16FN4O2-. The van der Waals surface area contributed by atoms with Gasteiger partial charge in [-0.25, -0.2) is 13.9 Å². The van der Waals surface area contributed by atoms with Crippen LogP contribution in [0.15, 0.2) is 36.7 Å². The van der Waals surface area contributed by atoms with E-state index in [2.05, 4.69) is 10.1 Å². The highest BCUT2D eigenvalue weighted by Gasteiger charge is 2.11. The van der Waals surface area contributed by atoms with Gasteiger partial charge in [0.2, 0.25) is 0 Å². The third-order valence-corrected chi connectivity index (χ3v) is 4.12. The number of ether oxygens (including phenoxy) is 1. The number of benzene rings is 1. The molecule has 6 nitrogen and oxygen atoms in total. The summed E-state index contributed by atoms with van der Waals surface area (Å²) in [7, 11) is 0. The van der Waals surface area contributed by atoms with Gasteiger partial charge in [0.1, 0.15) is 11.6 Å². The first kappa shape index (κ1) is 15.0. The van der Waals surface area contributed by atoms with Crippen molar-refractivity contribution in [1.29, 1.82) is 0 Å². The monoisotopic (exact) mass is 327 g/mol. The Morgan fingerprint density at radius 3 is 3.00 bits per heavy atom. The number of hydrogen-bond acceptors (Lipinski definition) is 5. The third kappa shape index (κ3) is 2.95. The van der Waals surface area contributed by atoms with Crippen LogP contribution < -0.4 is 4.74 Å². The molecule has 24 heavy (non-hydrogen) atoms. The topological polar surface area (TPSA) is 65.7 Å². The molecule has 0 amide bonds. The molecule has 0 N–H and O–H groups in total. The molecule has 3 heterocycles. The summed E-state index contributed by atoms with van der Waals surface area (Å²) in [4.78, 5) is 4.61. The lowest BCUT2D eigenvalue weighted by atomic mass is 10.1.